The number of hydrogen-bond acceptors (Lipinski definition) is 2. The van der Waals surface area contributed by atoms with E-state index in [1.165, 1.54) is 19.3 Å². The predicted octanol–water partition coefficient (Wildman–Crippen LogP) is 2.58. The molecular weight excluding hydrogens is 174 g/mol. The predicted molar refractivity (Wildman–Crippen MR) is 60.5 cm³/mol. The van der Waals surface area contributed by atoms with E-state index in [0.717, 1.165) is 13.2 Å². The second-order valence-corrected chi connectivity index (χ2v) is 5.16. The van der Waals surface area contributed by atoms with Crippen LogP contribution in [0.1, 0.15) is 47.0 Å². The molecule has 1 N–H and O–H groups in total. The SMILES string of the molecule is CCOCC(C)NC1CCCC1(C)C. The van der Waals surface area contributed by atoms with E-state index in [9.17, 15) is 0 Å². The molecular formula is C12H25NO. The molecule has 2 nitrogen and oxygen atoms in total. The second-order valence-electron chi connectivity index (χ2n) is 5.16. The first kappa shape index (κ1) is 12.0. The maximum atomic E-state index is 5.41. The first-order chi connectivity index (χ1) is 6.56. The van der Waals surface area contributed by atoms with Crippen molar-refractivity contribution in [3.05, 3.63) is 0 Å². The maximum Gasteiger partial charge on any atom is 0.0616 e. The fraction of sp³-hybridized carbons (Fsp3) is 1.00. The van der Waals surface area contributed by atoms with Crippen LogP contribution in [0.5, 0.6) is 0 Å². The van der Waals surface area contributed by atoms with E-state index in [2.05, 4.69) is 26.1 Å². The Morgan fingerprint density at radius 1 is 1.50 bits per heavy atom. The highest BCUT2D eigenvalue weighted by molar-refractivity contribution is 4.91. The summed E-state index contributed by atoms with van der Waals surface area (Å²) in [5.74, 6) is 0. The van der Waals surface area contributed by atoms with E-state index >= 15 is 0 Å². The van der Waals surface area contributed by atoms with Crippen LogP contribution in [-0.2, 0) is 4.74 Å². The van der Waals surface area contributed by atoms with Crippen molar-refractivity contribution in [2.75, 3.05) is 13.2 Å². The molecule has 0 saturated heterocycles. The van der Waals surface area contributed by atoms with Gasteiger partial charge in [0.1, 0.15) is 0 Å². The van der Waals surface area contributed by atoms with Gasteiger partial charge in [-0.25, -0.2) is 0 Å². The molecule has 84 valence electrons. The van der Waals surface area contributed by atoms with E-state index < -0.39 is 0 Å². The van der Waals surface area contributed by atoms with Gasteiger partial charge in [-0.1, -0.05) is 20.3 Å². The van der Waals surface area contributed by atoms with Gasteiger partial charge in [0.05, 0.1) is 6.61 Å². The van der Waals surface area contributed by atoms with Crippen LogP contribution in [0.25, 0.3) is 0 Å². The minimum Gasteiger partial charge on any atom is -0.380 e. The molecule has 0 aliphatic heterocycles. The van der Waals surface area contributed by atoms with Gasteiger partial charge in [-0.05, 0) is 32.1 Å². The van der Waals surface area contributed by atoms with Gasteiger partial charge in [-0.3, -0.25) is 0 Å². The lowest BCUT2D eigenvalue weighted by molar-refractivity contribution is 0.116. The first-order valence-corrected chi connectivity index (χ1v) is 5.90. The van der Waals surface area contributed by atoms with Crippen LogP contribution in [0.2, 0.25) is 0 Å². The molecule has 2 atom stereocenters. The van der Waals surface area contributed by atoms with Gasteiger partial charge in [-0.2, -0.15) is 0 Å². The van der Waals surface area contributed by atoms with Gasteiger partial charge >= 0.3 is 0 Å². The van der Waals surface area contributed by atoms with Crippen LogP contribution >= 0.6 is 0 Å². The summed E-state index contributed by atoms with van der Waals surface area (Å²) < 4.78 is 5.41. The molecule has 0 aromatic carbocycles. The smallest absolute Gasteiger partial charge is 0.0616 e. The molecule has 1 fully saturated rings. The fourth-order valence-corrected chi connectivity index (χ4v) is 2.32. The molecule has 0 amide bonds. The molecule has 1 saturated carbocycles. The van der Waals surface area contributed by atoms with Gasteiger partial charge in [0.2, 0.25) is 0 Å². The third-order valence-corrected chi connectivity index (χ3v) is 3.31. The molecule has 1 aliphatic carbocycles. The molecule has 0 aromatic heterocycles. The van der Waals surface area contributed by atoms with Crippen LogP contribution in [0.15, 0.2) is 0 Å². The van der Waals surface area contributed by atoms with Crippen molar-refractivity contribution in [2.45, 2.75) is 59.0 Å². The Morgan fingerprint density at radius 3 is 2.71 bits per heavy atom. The molecule has 0 spiro atoms. The largest absolute Gasteiger partial charge is 0.380 e. The molecule has 2 unspecified atom stereocenters. The zero-order valence-electron chi connectivity index (χ0n) is 10.1. The lowest BCUT2D eigenvalue weighted by Gasteiger charge is -2.30. The fourth-order valence-electron chi connectivity index (χ4n) is 2.32. The summed E-state index contributed by atoms with van der Waals surface area (Å²) in [6.07, 6.45) is 4.04. The Bertz CT molecular complexity index is 168. The third-order valence-electron chi connectivity index (χ3n) is 3.31. The van der Waals surface area contributed by atoms with Crippen LogP contribution in [0, 0.1) is 5.41 Å². The lowest BCUT2D eigenvalue weighted by atomic mass is 9.87. The molecule has 0 bridgehead atoms. The van der Waals surface area contributed by atoms with E-state index in [1.807, 2.05) is 6.92 Å². The average Bonchev–Trinajstić information content (AvgIpc) is 2.43. The minimum atomic E-state index is 0.473. The van der Waals surface area contributed by atoms with Crippen molar-refractivity contribution in [1.82, 2.24) is 5.32 Å². The van der Waals surface area contributed by atoms with Crippen LogP contribution in [0.3, 0.4) is 0 Å². The Hall–Kier alpha value is -0.0800. The van der Waals surface area contributed by atoms with E-state index in [0.29, 0.717) is 17.5 Å². The number of hydrogen-bond donors (Lipinski definition) is 1. The molecule has 0 aromatic rings. The lowest BCUT2D eigenvalue weighted by Crippen LogP contribution is -2.44. The molecule has 1 rings (SSSR count). The van der Waals surface area contributed by atoms with Crippen LogP contribution < -0.4 is 5.32 Å². The normalized spacial score (nSPS) is 27.9. The van der Waals surface area contributed by atoms with Crippen molar-refractivity contribution in [3.8, 4) is 0 Å². The number of nitrogens with one attached hydrogen (secondary N) is 1. The standard InChI is InChI=1S/C12H25NO/c1-5-14-9-10(2)13-11-7-6-8-12(11,3)4/h10-11,13H,5-9H2,1-4H3. The van der Waals surface area contributed by atoms with Gasteiger partial charge in [-0.15, -0.1) is 0 Å². The van der Waals surface area contributed by atoms with E-state index in [1.54, 1.807) is 0 Å². The van der Waals surface area contributed by atoms with E-state index in [-0.39, 0.29) is 0 Å². The second kappa shape index (κ2) is 5.13. The summed E-state index contributed by atoms with van der Waals surface area (Å²) in [7, 11) is 0. The zero-order chi connectivity index (χ0) is 10.6. The van der Waals surface area contributed by atoms with Crippen molar-refractivity contribution >= 4 is 0 Å². The van der Waals surface area contributed by atoms with Crippen molar-refractivity contribution < 1.29 is 4.74 Å². The average molecular weight is 199 g/mol. The third kappa shape index (κ3) is 3.25. The highest BCUT2D eigenvalue weighted by Crippen LogP contribution is 2.37. The first-order valence-electron chi connectivity index (χ1n) is 5.90. The molecule has 1 aliphatic rings. The summed E-state index contributed by atoms with van der Waals surface area (Å²) >= 11 is 0. The quantitative estimate of drug-likeness (QED) is 0.735. The van der Waals surface area contributed by atoms with E-state index in [4.69, 9.17) is 4.74 Å². The van der Waals surface area contributed by atoms with Crippen molar-refractivity contribution in [2.24, 2.45) is 5.41 Å². The summed E-state index contributed by atoms with van der Waals surface area (Å²) in [5, 5.41) is 3.68. The maximum absolute atomic E-state index is 5.41. The molecule has 14 heavy (non-hydrogen) atoms. The number of ether oxygens (including phenoxy) is 1. The highest BCUT2D eigenvalue weighted by atomic mass is 16.5. The Kier molecular flexibility index (Phi) is 4.39. The summed E-state index contributed by atoms with van der Waals surface area (Å²) in [4.78, 5) is 0. The monoisotopic (exact) mass is 199 g/mol. The topological polar surface area (TPSA) is 21.3 Å². The zero-order valence-corrected chi connectivity index (χ0v) is 10.1. The van der Waals surface area contributed by atoms with Gasteiger partial charge in [0.15, 0.2) is 0 Å². The van der Waals surface area contributed by atoms with Gasteiger partial charge in [0, 0.05) is 18.7 Å². The highest BCUT2D eigenvalue weighted by Gasteiger charge is 2.34. The minimum absolute atomic E-state index is 0.473. The molecule has 0 heterocycles. The summed E-state index contributed by atoms with van der Waals surface area (Å²) in [6, 6.07) is 1.16. The number of rotatable bonds is 5. The summed E-state index contributed by atoms with van der Waals surface area (Å²) in [6.45, 7) is 10.6. The van der Waals surface area contributed by atoms with Gasteiger partial charge in [0.25, 0.3) is 0 Å². The van der Waals surface area contributed by atoms with Crippen LogP contribution in [-0.4, -0.2) is 25.3 Å². The van der Waals surface area contributed by atoms with Crippen LogP contribution in [0.4, 0.5) is 0 Å². The van der Waals surface area contributed by atoms with Crippen molar-refractivity contribution in [1.29, 1.82) is 0 Å². The molecule has 0 radical (unpaired) electrons. The Balaban J connectivity index is 2.29. The van der Waals surface area contributed by atoms with Gasteiger partial charge < -0.3 is 10.1 Å². The summed E-state index contributed by atoms with van der Waals surface area (Å²) in [5.41, 5.74) is 0.473. The van der Waals surface area contributed by atoms with Crippen molar-refractivity contribution in [3.63, 3.8) is 0 Å². The Morgan fingerprint density at radius 2 is 2.21 bits per heavy atom. The molecule has 2 heteroatoms. The Labute approximate surface area is 88.4 Å².